The lowest BCUT2D eigenvalue weighted by Gasteiger charge is -2.10. The second-order valence-corrected chi connectivity index (χ2v) is 5.51. The molecule has 0 aliphatic carbocycles. The minimum atomic E-state index is 0.315. The molecule has 19 heavy (non-hydrogen) atoms. The molecule has 2 rings (SSSR count). The van der Waals surface area contributed by atoms with E-state index in [0.717, 1.165) is 28.1 Å². The number of nitrogens with one attached hydrogen (secondary N) is 1. The summed E-state index contributed by atoms with van der Waals surface area (Å²) in [5, 5.41) is 4.21. The summed E-state index contributed by atoms with van der Waals surface area (Å²) in [4.78, 5) is 14.3. The Balaban J connectivity index is 2.28. The summed E-state index contributed by atoms with van der Waals surface area (Å²) in [5.41, 5.74) is 0. The van der Waals surface area contributed by atoms with Gasteiger partial charge in [0.25, 0.3) is 0 Å². The van der Waals surface area contributed by atoms with Crippen LogP contribution in [0.25, 0.3) is 0 Å². The van der Waals surface area contributed by atoms with Crippen LogP contribution in [0.3, 0.4) is 0 Å². The topological polar surface area (TPSA) is 50.7 Å². The molecule has 1 N–H and O–H groups in total. The highest BCUT2D eigenvalue weighted by Gasteiger charge is 2.08. The highest BCUT2D eigenvalue weighted by Crippen LogP contribution is 2.28. The fourth-order valence-corrected chi connectivity index (χ4v) is 2.36. The Hall–Kier alpha value is -1.62. The van der Waals surface area contributed by atoms with Gasteiger partial charge in [-0.05, 0) is 19.1 Å². The zero-order chi connectivity index (χ0) is 13.7. The summed E-state index contributed by atoms with van der Waals surface area (Å²) in [6.07, 6.45) is 3.58. The number of nitrogens with zero attached hydrogens (tertiary/aromatic N) is 3. The van der Waals surface area contributed by atoms with Crippen LogP contribution in [-0.4, -0.2) is 21.5 Å². The summed E-state index contributed by atoms with van der Waals surface area (Å²) in [6, 6.07) is 5.95. The SMILES string of the molecule is CCNc1cc(Sc2ccncc2)nc(C(C)C)n1. The van der Waals surface area contributed by atoms with Gasteiger partial charge in [0.15, 0.2) is 0 Å². The third kappa shape index (κ3) is 3.92. The summed E-state index contributed by atoms with van der Waals surface area (Å²) in [6.45, 7) is 7.12. The molecular weight excluding hydrogens is 256 g/mol. The molecule has 0 amide bonds. The first kappa shape index (κ1) is 13.8. The molecule has 0 atom stereocenters. The monoisotopic (exact) mass is 274 g/mol. The van der Waals surface area contributed by atoms with E-state index in [1.54, 1.807) is 24.2 Å². The fraction of sp³-hybridized carbons (Fsp3) is 0.357. The molecule has 4 nitrogen and oxygen atoms in total. The molecule has 0 radical (unpaired) electrons. The number of pyridine rings is 1. The van der Waals surface area contributed by atoms with Gasteiger partial charge in [-0.2, -0.15) is 0 Å². The van der Waals surface area contributed by atoms with Crippen LogP contribution in [0, 0.1) is 0 Å². The van der Waals surface area contributed by atoms with E-state index < -0.39 is 0 Å². The predicted octanol–water partition coefficient (Wildman–Crippen LogP) is 3.58. The molecule has 2 aromatic heterocycles. The Morgan fingerprint density at radius 1 is 1.21 bits per heavy atom. The molecule has 5 heteroatoms. The van der Waals surface area contributed by atoms with E-state index in [0.29, 0.717) is 5.92 Å². The molecule has 0 saturated heterocycles. The van der Waals surface area contributed by atoms with Crippen LogP contribution in [0.2, 0.25) is 0 Å². The van der Waals surface area contributed by atoms with Crippen molar-refractivity contribution in [2.75, 3.05) is 11.9 Å². The van der Waals surface area contributed by atoms with E-state index in [9.17, 15) is 0 Å². The van der Waals surface area contributed by atoms with Gasteiger partial charge in [0.05, 0.1) is 0 Å². The number of aromatic nitrogens is 3. The van der Waals surface area contributed by atoms with Crippen molar-refractivity contribution in [2.45, 2.75) is 36.6 Å². The van der Waals surface area contributed by atoms with Crippen LogP contribution in [0.5, 0.6) is 0 Å². The van der Waals surface area contributed by atoms with Crippen molar-refractivity contribution in [3.05, 3.63) is 36.4 Å². The van der Waals surface area contributed by atoms with Crippen molar-refractivity contribution in [2.24, 2.45) is 0 Å². The van der Waals surface area contributed by atoms with E-state index in [4.69, 9.17) is 0 Å². The second kappa shape index (κ2) is 6.52. The zero-order valence-corrected chi connectivity index (χ0v) is 12.2. The van der Waals surface area contributed by atoms with E-state index in [1.807, 2.05) is 18.2 Å². The highest BCUT2D eigenvalue weighted by molar-refractivity contribution is 7.99. The predicted molar refractivity (Wildman–Crippen MR) is 78.6 cm³/mol. The van der Waals surface area contributed by atoms with E-state index in [-0.39, 0.29) is 0 Å². The van der Waals surface area contributed by atoms with Crippen LogP contribution < -0.4 is 5.32 Å². The lowest BCUT2D eigenvalue weighted by molar-refractivity contribution is 0.754. The molecule has 0 fully saturated rings. The molecule has 100 valence electrons. The van der Waals surface area contributed by atoms with Gasteiger partial charge < -0.3 is 5.32 Å². The van der Waals surface area contributed by atoms with Gasteiger partial charge in [-0.1, -0.05) is 25.6 Å². The second-order valence-electron chi connectivity index (χ2n) is 4.42. The van der Waals surface area contributed by atoms with Crippen LogP contribution in [-0.2, 0) is 0 Å². The minimum absolute atomic E-state index is 0.315. The molecule has 2 heterocycles. The third-order valence-corrected chi connectivity index (χ3v) is 3.39. The molecule has 0 aromatic carbocycles. The van der Waals surface area contributed by atoms with Crippen LogP contribution in [0.4, 0.5) is 5.82 Å². The summed E-state index contributed by atoms with van der Waals surface area (Å²) in [5.74, 6) is 2.07. The lowest BCUT2D eigenvalue weighted by atomic mass is 10.2. The molecule has 0 aliphatic rings. The molecular formula is C14H18N4S. The first-order valence-corrected chi connectivity index (χ1v) is 7.21. The van der Waals surface area contributed by atoms with Gasteiger partial charge >= 0.3 is 0 Å². The van der Waals surface area contributed by atoms with Crippen molar-refractivity contribution < 1.29 is 0 Å². The Morgan fingerprint density at radius 2 is 1.95 bits per heavy atom. The molecule has 0 spiro atoms. The number of hydrogen-bond acceptors (Lipinski definition) is 5. The maximum Gasteiger partial charge on any atom is 0.134 e. The summed E-state index contributed by atoms with van der Waals surface area (Å²) in [7, 11) is 0. The Bertz CT molecular complexity index is 528. The summed E-state index contributed by atoms with van der Waals surface area (Å²) < 4.78 is 0. The first-order chi connectivity index (χ1) is 9.19. The maximum absolute atomic E-state index is 4.60. The molecule has 2 aromatic rings. The van der Waals surface area contributed by atoms with Crippen molar-refractivity contribution in [3.63, 3.8) is 0 Å². The third-order valence-electron chi connectivity index (χ3n) is 2.47. The van der Waals surface area contributed by atoms with E-state index in [1.165, 1.54) is 0 Å². The van der Waals surface area contributed by atoms with Crippen molar-refractivity contribution >= 4 is 17.6 Å². The average Bonchev–Trinajstić information content (AvgIpc) is 2.40. The van der Waals surface area contributed by atoms with Crippen molar-refractivity contribution in [1.29, 1.82) is 0 Å². The smallest absolute Gasteiger partial charge is 0.134 e. The number of anilines is 1. The standard InChI is InChI=1S/C14H18N4S/c1-4-16-12-9-13(18-14(17-12)10(2)3)19-11-5-7-15-8-6-11/h5-10H,4H2,1-3H3,(H,16,17,18). The number of hydrogen-bond donors (Lipinski definition) is 1. The Morgan fingerprint density at radius 3 is 2.58 bits per heavy atom. The normalized spacial score (nSPS) is 10.7. The minimum Gasteiger partial charge on any atom is -0.370 e. The highest BCUT2D eigenvalue weighted by atomic mass is 32.2. The Kier molecular flexibility index (Phi) is 4.74. The van der Waals surface area contributed by atoms with Gasteiger partial charge in [-0.3, -0.25) is 4.98 Å². The summed E-state index contributed by atoms with van der Waals surface area (Å²) >= 11 is 1.63. The molecule has 0 unspecified atom stereocenters. The van der Waals surface area contributed by atoms with Crippen LogP contribution in [0.1, 0.15) is 32.5 Å². The maximum atomic E-state index is 4.60. The van der Waals surface area contributed by atoms with Crippen molar-refractivity contribution in [3.8, 4) is 0 Å². The van der Waals surface area contributed by atoms with Crippen LogP contribution >= 0.6 is 11.8 Å². The van der Waals surface area contributed by atoms with Crippen LogP contribution in [0.15, 0.2) is 40.5 Å². The first-order valence-electron chi connectivity index (χ1n) is 6.39. The molecule has 0 bridgehead atoms. The van der Waals surface area contributed by atoms with Gasteiger partial charge in [-0.25, -0.2) is 9.97 Å². The molecule has 0 aliphatic heterocycles. The van der Waals surface area contributed by atoms with Gasteiger partial charge in [0.2, 0.25) is 0 Å². The fourth-order valence-electron chi connectivity index (χ4n) is 1.55. The lowest BCUT2D eigenvalue weighted by Crippen LogP contribution is -2.05. The zero-order valence-electron chi connectivity index (χ0n) is 11.4. The Labute approximate surface area is 118 Å². The van der Waals surface area contributed by atoms with E-state index in [2.05, 4.69) is 41.0 Å². The van der Waals surface area contributed by atoms with E-state index >= 15 is 0 Å². The quantitative estimate of drug-likeness (QED) is 0.845. The number of rotatable bonds is 5. The molecule has 0 saturated carbocycles. The van der Waals surface area contributed by atoms with Crippen molar-refractivity contribution in [1.82, 2.24) is 15.0 Å². The van der Waals surface area contributed by atoms with Gasteiger partial charge in [-0.15, -0.1) is 0 Å². The largest absolute Gasteiger partial charge is 0.370 e. The average molecular weight is 274 g/mol. The van der Waals surface area contributed by atoms with Gasteiger partial charge in [0.1, 0.15) is 16.7 Å². The van der Waals surface area contributed by atoms with Gasteiger partial charge in [0, 0.05) is 35.8 Å².